The summed E-state index contributed by atoms with van der Waals surface area (Å²) in [5, 5.41) is 12.2. The number of ketones is 1. The van der Waals surface area contributed by atoms with Crippen LogP contribution in [-0.4, -0.2) is 138 Å². The molecule has 24 heteroatoms. The third-order valence-corrected chi connectivity index (χ3v) is 14.8. The van der Waals surface area contributed by atoms with Crippen LogP contribution in [-0.2, 0) is 79.4 Å². The number of fused-ring (bicyclic) bond motifs is 2. The van der Waals surface area contributed by atoms with Gasteiger partial charge in [0.1, 0.15) is 5.76 Å². The highest BCUT2D eigenvalue weighted by Gasteiger charge is 2.50. The maximum atomic E-state index is 14.3. The zero-order chi connectivity index (χ0) is 48.6. The Morgan fingerprint density at radius 3 is 1.98 bits per heavy atom. The van der Waals surface area contributed by atoms with Gasteiger partial charge in [0.25, 0.3) is 42.2 Å². The van der Waals surface area contributed by atoms with Crippen LogP contribution in [0.3, 0.4) is 0 Å². The second kappa shape index (κ2) is 19.3. The number of ether oxygens (including phenoxy) is 3. The number of hydrogen-bond acceptors (Lipinski definition) is 17. The molecule has 2 aromatic rings. The van der Waals surface area contributed by atoms with E-state index in [0.29, 0.717) is 33.3 Å². The molecule has 0 radical (unpaired) electrons. The molecule has 1 saturated heterocycles. The van der Waals surface area contributed by atoms with Gasteiger partial charge in [-0.05, 0) is 85.9 Å². The fourth-order valence-corrected chi connectivity index (χ4v) is 10.4. The lowest BCUT2D eigenvalue weighted by Crippen LogP contribution is -2.44. The van der Waals surface area contributed by atoms with Crippen molar-refractivity contribution in [1.82, 2.24) is 5.06 Å². The Morgan fingerprint density at radius 1 is 0.803 bits per heavy atom. The number of aliphatic hydroxyl groups is 1. The average molecular weight is 982 g/mol. The summed E-state index contributed by atoms with van der Waals surface area (Å²) in [6.45, 7) is 3.74. The van der Waals surface area contributed by atoms with E-state index >= 15 is 0 Å². The number of hydroxylamine groups is 2. The van der Waals surface area contributed by atoms with Gasteiger partial charge in [-0.15, -0.1) is 5.06 Å². The van der Waals surface area contributed by atoms with Crippen molar-refractivity contribution in [1.29, 1.82) is 0 Å². The molecule has 0 aromatic heterocycles. The minimum Gasteiger partial charge on any atom is -0.506 e. The summed E-state index contributed by atoms with van der Waals surface area (Å²) in [5.41, 5.74) is -0.406. The van der Waals surface area contributed by atoms with E-state index in [9.17, 15) is 63.2 Å². The summed E-state index contributed by atoms with van der Waals surface area (Å²) in [4.78, 5) is 58.0. The topological polar surface area (TPSA) is 298 Å². The monoisotopic (exact) mass is 981 g/mol. The molecule has 3 atom stereocenters. The fourth-order valence-electron chi connectivity index (χ4n) is 8.87. The Bertz CT molecular complexity index is 2740. The van der Waals surface area contributed by atoms with Crippen molar-refractivity contribution in [3.8, 4) is 0 Å². The lowest BCUT2D eigenvalue weighted by atomic mass is 9.72. The van der Waals surface area contributed by atoms with Crippen LogP contribution >= 0.6 is 0 Å². The number of aliphatic hydroxyl groups excluding tert-OH is 1. The highest BCUT2D eigenvalue weighted by molar-refractivity contribution is 7.86. The molecule has 0 bridgehead atoms. The molecule has 0 saturated carbocycles. The molecule has 3 unspecified atom stereocenters. The van der Waals surface area contributed by atoms with Crippen molar-refractivity contribution in [3.63, 3.8) is 0 Å². The SMILES string of the molecule is COCCN1c2ccc(S(=O)(=O)O)cc2C(C)(CCCS(=O)(=O)O)C1/C=C1/C(=O)C(/C=C2/N(CCOCCC(=O)ON3C(=O)CCC3=O)c3ccc(S(=O)(=O)O)cc3C2(C)CCOC)=C1O. The van der Waals surface area contributed by atoms with Crippen molar-refractivity contribution in [2.45, 2.75) is 79.0 Å². The first-order valence-corrected chi connectivity index (χ1v) is 25.1. The number of allylic oxidation sites excluding steroid dienone is 4. The Hall–Kier alpha value is -5.05. The number of rotatable bonds is 21. The number of amides is 2. The number of imide groups is 1. The Kier molecular flexibility index (Phi) is 14.7. The summed E-state index contributed by atoms with van der Waals surface area (Å²) in [6, 6.07) is 7.05. The number of nitrogens with zero attached hydrogens (tertiary/aromatic N) is 3. The Labute approximate surface area is 381 Å². The number of methoxy groups -OCH3 is 2. The standard InChI is InChI=1S/C42H51N3O18S3/c1-41(13-5-21-64(51,52)53)30-22-26(65(54,55)56)6-8-32(30)43(15-19-61-4)34(41)24-28-39(49)29(40(28)50)25-35-42(2,14-18-60-3)31-23-27(66(57,58)59)7-9-33(31)44(35)16-20-62-17-12-38(48)63-45-36(46)10-11-37(45)47/h6-9,22-25,34,49H,5,10-21H2,1-4H3,(H,51,52,53)(H,54,55,56)(H,57,58,59)/b28-24+,35-25+. The second-order valence-corrected chi connectivity index (χ2v) is 21.0. The largest absolute Gasteiger partial charge is 0.506 e. The average Bonchev–Trinajstić information content (AvgIpc) is 3.77. The molecular formula is C42H51N3O18S3. The van der Waals surface area contributed by atoms with Gasteiger partial charge < -0.3 is 34.0 Å². The van der Waals surface area contributed by atoms with Crippen molar-refractivity contribution in [3.05, 3.63) is 82.3 Å². The van der Waals surface area contributed by atoms with Crippen molar-refractivity contribution < 1.29 is 82.2 Å². The molecule has 360 valence electrons. The van der Waals surface area contributed by atoms with Crippen LogP contribution in [0.2, 0.25) is 0 Å². The smallest absolute Gasteiger partial charge is 0.335 e. The summed E-state index contributed by atoms with van der Waals surface area (Å²) in [7, 11) is -10.9. The van der Waals surface area contributed by atoms with E-state index in [1.807, 2.05) is 0 Å². The molecule has 1 fully saturated rings. The maximum absolute atomic E-state index is 14.3. The first-order chi connectivity index (χ1) is 30.9. The molecule has 3 heterocycles. The zero-order valence-corrected chi connectivity index (χ0v) is 38.9. The first-order valence-electron chi connectivity index (χ1n) is 20.6. The van der Waals surface area contributed by atoms with E-state index in [2.05, 4.69) is 0 Å². The summed E-state index contributed by atoms with van der Waals surface area (Å²) < 4.78 is 119. The first kappa shape index (κ1) is 50.4. The van der Waals surface area contributed by atoms with Gasteiger partial charge >= 0.3 is 5.97 Å². The molecular weight excluding hydrogens is 931 g/mol. The van der Waals surface area contributed by atoms with E-state index in [4.69, 9.17) is 19.0 Å². The van der Waals surface area contributed by atoms with Crippen molar-refractivity contribution in [2.75, 3.05) is 69.3 Å². The van der Waals surface area contributed by atoms with Gasteiger partial charge in [0, 0.05) is 74.7 Å². The number of carbonyl (C=O) groups excluding carboxylic acids is 4. The molecule has 4 N–H and O–H groups in total. The second-order valence-electron chi connectivity index (χ2n) is 16.6. The van der Waals surface area contributed by atoms with Gasteiger partial charge in [-0.3, -0.25) is 28.0 Å². The Morgan fingerprint density at radius 2 is 1.41 bits per heavy atom. The van der Waals surface area contributed by atoms with E-state index in [1.165, 1.54) is 62.8 Å². The zero-order valence-electron chi connectivity index (χ0n) is 36.5. The number of benzene rings is 2. The van der Waals surface area contributed by atoms with Gasteiger partial charge in [0.05, 0.1) is 59.0 Å². The maximum Gasteiger partial charge on any atom is 0.335 e. The fraction of sp³-hybridized carbons (Fsp3) is 0.476. The highest BCUT2D eigenvalue weighted by Crippen LogP contribution is 2.53. The molecule has 6 rings (SSSR count). The van der Waals surface area contributed by atoms with E-state index in [1.54, 1.807) is 23.6 Å². The number of Topliss-reactive ketones (excluding diaryl/α,β-unsaturated/α-hetero) is 1. The van der Waals surface area contributed by atoms with Crippen molar-refractivity contribution in [2.24, 2.45) is 0 Å². The van der Waals surface area contributed by atoms with E-state index in [-0.39, 0.29) is 89.2 Å². The lowest BCUT2D eigenvalue weighted by Gasteiger charge is -2.37. The van der Waals surface area contributed by atoms with Crippen LogP contribution in [0, 0.1) is 0 Å². The van der Waals surface area contributed by atoms with Crippen LogP contribution in [0.5, 0.6) is 0 Å². The molecule has 2 amide bonds. The van der Waals surface area contributed by atoms with Gasteiger partial charge in [-0.2, -0.15) is 25.3 Å². The van der Waals surface area contributed by atoms with Crippen molar-refractivity contribution >= 4 is 65.3 Å². The van der Waals surface area contributed by atoms with Crippen LogP contribution in [0.1, 0.15) is 63.5 Å². The van der Waals surface area contributed by atoms with E-state index in [0.717, 1.165) is 0 Å². The molecule has 66 heavy (non-hydrogen) atoms. The normalized spacial score (nSPS) is 23.3. The van der Waals surface area contributed by atoms with Crippen LogP contribution < -0.4 is 9.80 Å². The van der Waals surface area contributed by atoms with Gasteiger partial charge in [0.15, 0.2) is 5.78 Å². The summed E-state index contributed by atoms with van der Waals surface area (Å²) >= 11 is 0. The summed E-state index contributed by atoms with van der Waals surface area (Å²) in [6.07, 6.45) is 2.62. The predicted octanol–water partition coefficient (Wildman–Crippen LogP) is 2.97. The third kappa shape index (κ3) is 10.3. The number of hydrogen-bond donors (Lipinski definition) is 4. The van der Waals surface area contributed by atoms with Crippen LogP contribution in [0.4, 0.5) is 11.4 Å². The molecule has 1 aliphatic carbocycles. The third-order valence-electron chi connectivity index (χ3n) is 12.3. The molecule has 3 aliphatic heterocycles. The van der Waals surface area contributed by atoms with E-state index < -0.39 is 92.1 Å². The predicted molar refractivity (Wildman–Crippen MR) is 233 cm³/mol. The molecule has 0 spiro atoms. The quantitative estimate of drug-likeness (QED) is 0.0605. The Balaban J connectivity index is 1.38. The molecule has 2 aromatic carbocycles. The van der Waals surface area contributed by atoms with Crippen LogP contribution in [0.25, 0.3) is 0 Å². The van der Waals surface area contributed by atoms with Crippen LogP contribution in [0.15, 0.2) is 80.9 Å². The molecule has 4 aliphatic rings. The van der Waals surface area contributed by atoms with Gasteiger partial charge in [-0.25, -0.2) is 4.79 Å². The molecule has 21 nitrogen and oxygen atoms in total. The minimum atomic E-state index is -4.70. The van der Waals surface area contributed by atoms with Gasteiger partial charge in [-0.1, -0.05) is 6.92 Å². The minimum absolute atomic E-state index is 0.0277. The highest BCUT2D eigenvalue weighted by atomic mass is 32.2. The van der Waals surface area contributed by atoms with Gasteiger partial charge in [0.2, 0.25) is 0 Å². The lowest BCUT2D eigenvalue weighted by molar-refractivity contribution is -0.198. The number of anilines is 2. The summed E-state index contributed by atoms with van der Waals surface area (Å²) in [5.74, 6) is -3.83. The number of carbonyl (C=O) groups is 4.